The van der Waals surface area contributed by atoms with Gasteiger partial charge in [-0.25, -0.2) is 0 Å². The van der Waals surface area contributed by atoms with Crippen LogP contribution in [0.25, 0.3) is 11.1 Å². The second kappa shape index (κ2) is 6.57. The van der Waals surface area contributed by atoms with Crippen molar-refractivity contribution >= 4 is 34.9 Å². The van der Waals surface area contributed by atoms with Crippen LogP contribution in [0, 0.1) is 0 Å². The largest absolute Gasteiger partial charge is 0.289 e. The number of ketones is 2. The van der Waals surface area contributed by atoms with Gasteiger partial charge in [-0.2, -0.15) is 0 Å². The average molecular weight is 397 g/mol. The SMILES string of the molecule is CC(=O)N(C=C1Sc2ccccc2C1=O)c1ccc2c(c1)C(=O)c1ccccc1-2. The highest BCUT2D eigenvalue weighted by atomic mass is 32.2. The fraction of sp³-hybridized carbons (Fsp3) is 0.0417. The number of rotatable bonds is 2. The number of benzene rings is 3. The number of carbonyl (C=O) groups excluding carboxylic acids is 3. The molecule has 0 aromatic heterocycles. The first kappa shape index (κ1) is 17.6. The van der Waals surface area contributed by atoms with Gasteiger partial charge >= 0.3 is 0 Å². The molecule has 3 aromatic carbocycles. The van der Waals surface area contributed by atoms with Gasteiger partial charge in [0.25, 0.3) is 0 Å². The number of hydrogen-bond acceptors (Lipinski definition) is 4. The van der Waals surface area contributed by atoms with E-state index in [9.17, 15) is 14.4 Å². The zero-order chi connectivity index (χ0) is 20.1. The lowest BCUT2D eigenvalue weighted by Gasteiger charge is -2.18. The van der Waals surface area contributed by atoms with Gasteiger partial charge < -0.3 is 0 Å². The molecular weight excluding hydrogens is 382 g/mol. The normalized spacial score (nSPS) is 15.3. The first-order valence-electron chi connectivity index (χ1n) is 9.16. The molecule has 5 heteroatoms. The molecular formula is C24H15NO3S. The van der Waals surface area contributed by atoms with Crippen molar-refractivity contribution < 1.29 is 14.4 Å². The Bertz CT molecular complexity index is 1260. The van der Waals surface area contributed by atoms with Crippen molar-refractivity contribution in [3.8, 4) is 11.1 Å². The van der Waals surface area contributed by atoms with E-state index in [0.29, 0.717) is 27.3 Å². The highest BCUT2D eigenvalue weighted by Gasteiger charge is 2.29. The molecule has 0 atom stereocenters. The van der Waals surface area contributed by atoms with Crippen LogP contribution in [0.1, 0.15) is 33.2 Å². The third-order valence-corrected chi connectivity index (χ3v) is 6.24. The first-order chi connectivity index (χ1) is 14.0. The third kappa shape index (κ3) is 2.74. The highest BCUT2D eigenvalue weighted by Crippen LogP contribution is 2.41. The Morgan fingerprint density at radius 3 is 2.17 bits per heavy atom. The van der Waals surface area contributed by atoms with E-state index in [0.717, 1.165) is 16.0 Å². The van der Waals surface area contributed by atoms with Crippen LogP contribution in [-0.2, 0) is 4.79 Å². The molecule has 0 N–H and O–H groups in total. The molecule has 3 aromatic rings. The number of anilines is 1. The molecule has 0 saturated carbocycles. The average Bonchev–Trinajstić information content (AvgIpc) is 3.21. The topological polar surface area (TPSA) is 54.5 Å². The second-order valence-electron chi connectivity index (χ2n) is 6.91. The second-order valence-corrected chi connectivity index (χ2v) is 8.00. The third-order valence-electron chi connectivity index (χ3n) is 5.15. The number of thioether (sulfide) groups is 1. The molecule has 29 heavy (non-hydrogen) atoms. The van der Waals surface area contributed by atoms with Gasteiger partial charge in [-0.1, -0.05) is 54.2 Å². The number of fused-ring (bicyclic) bond motifs is 4. The summed E-state index contributed by atoms with van der Waals surface area (Å²) in [6.45, 7) is 1.44. The summed E-state index contributed by atoms with van der Waals surface area (Å²) in [5, 5.41) is 0. The standard InChI is InChI=1S/C24H15NO3S/c1-14(26)25(13-22-24(28)19-8-4-5-9-21(19)29-22)15-10-11-17-16-6-2-3-7-18(16)23(27)20(17)12-15/h2-13H,1H3. The van der Waals surface area contributed by atoms with Crippen LogP contribution < -0.4 is 4.90 Å². The molecule has 0 saturated heterocycles. The molecule has 1 aliphatic carbocycles. The molecule has 0 unspecified atom stereocenters. The van der Waals surface area contributed by atoms with E-state index in [1.54, 1.807) is 18.3 Å². The Morgan fingerprint density at radius 2 is 1.45 bits per heavy atom. The van der Waals surface area contributed by atoms with Gasteiger partial charge in [0, 0.05) is 40.4 Å². The lowest BCUT2D eigenvalue weighted by atomic mass is 10.1. The number of carbonyl (C=O) groups is 3. The lowest BCUT2D eigenvalue weighted by Crippen LogP contribution is -2.23. The Hall–Kier alpha value is -3.44. The molecule has 5 rings (SSSR count). The molecule has 1 aliphatic heterocycles. The fourth-order valence-electron chi connectivity index (χ4n) is 3.76. The monoisotopic (exact) mass is 397 g/mol. The molecule has 0 spiro atoms. The van der Waals surface area contributed by atoms with E-state index in [4.69, 9.17) is 0 Å². The number of nitrogens with zero attached hydrogens (tertiary/aromatic N) is 1. The summed E-state index contributed by atoms with van der Waals surface area (Å²) in [5.74, 6) is -0.376. The fourth-order valence-corrected chi connectivity index (χ4v) is 4.77. The molecule has 2 aliphatic rings. The van der Waals surface area contributed by atoms with E-state index in [1.807, 2.05) is 54.6 Å². The van der Waals surface area contributed by atoms with E-state index in [-0.39, 0.29) is 17.5 Å². The van der Waals surface area contributed by atoms with Crippen LogP contribution in [0.5, 0.6) is 0 Å². The van der Waals surface area contributed by atoms with E-state index >= 15 is 0 Å². The predicted molar refractivity (Wildman–Crippen MR) is 113 cm³/mol. The van der Waals surface area contributed by atoms with Gasteiger partial charge in [0.15, 0.2) is 5.78 Å². The summed E-state index contributed by atoms with van der Waals surface area (Å²) in [6, 6.07) is 20.3. The smallest absolute Gasteiger partial charge is 0.227 e. The number of allylic oxidation sites excluding steroid dienone is 1. The van der Waals surface area contributed by atoms with Crippen LogP contribution in [0.2, 0.25) is 0 Å². The Kier molecular flexibility index (Phi) is 4.00. The van der Waals surface area contributed by atoms with Crippen LogP contribution >= 0.6 is 11.8 Å². The van der Waals surface area contributed by atoms with Crippen LogP contribution in [0.4, 0.5) is 5.69 Å². The lowest BCUT2D eigenvalue weighted by molar-refractivity contribution is -0.116. The Balaban J connectivity index is 1.56. The quantitative estimate of drug-likeness (QED) is 0.443. The molecule has 140 valence electrons. The Morgan fingerprint density at radius 1 is 0.793 bits per heavy atom. The van der Waals surface area contributed by atoms with Crippen LogP contribution in [-0.4, -0.2) is 17.5 Å². The van der Waals surface area contributed by atoms with Crippen LogP contribution in [0.15, 0.2) is 82.7 Å². The van der Waals surface area contributed by atoms with Crippen molar-refractivity contribution in [2.24, 2.45) is 0 Å². The predicted octanol–water partition coefficient (Wildman–Crippen LogP) is 5.08. The van der Waals surface area contributed by atoms with E-state index in [1.165, 1.54) is 23.6 Å². The van der Waals surface area contributed by atoms with Crippen molar-refractivity contribution in [3.63, 3.8) is 0 Å². The number of hydrogen-bond donors (Lipinski definition) is 0. The zero-order valence-corrected chi connectivity index (χ0v) is 16.3. The van der Waals surface area contributed by atoms with Gasteiger partial charge in [0.05, 0.1) is 4.91 Å². The summed E-state index contributed by atoms with van der Waals surface area (Å²) in [6.07, 6.45) is 1.57. The number of Topliss-reactive ketones (excluding diaryl/α,β-unsaturated/α-hetero) is 1. The minimum Gasteiger partial charge on any atom is -0.289 e. The minimum absolute atomic E-state index is 0.0488. The van der Waals surface area contributed by atoms with Crippen molar-refractivity contribution in [1.29, 1.82) is 0 Å². The number of amides is 1. The summed E-state index contributed by atoms with van der Waals surface area (Å²) < 4.78 is 0. The maximum Gasteiger partial charge on any atom is 0.227 e. The summed E-state index contributed by atoms with van der Waals surface area (Å²) in [5.41, 5.74) is 4.22. The molecule has 1 amide bonds. The van der Waals surface area contributed by atoms with Gasteiger partial charge in [-0.15, -0.1) is 0 Å². The molecule has 0 fully saturated rings. The highest BCUT2D eigenvalue weighted by molar-refractivity contribution is 8.04. The molecule has 4 nitrogen and oxygen atoms in total. The maximum atomic E-state index is 12.8. The van der Waals surface area contributed by atoms with Gasteiger partial charge in [0.1, 0.15) is 0 Å². The maximum absolute atomic E-state index is 12.8. The van der Waals surface area contributed by atoms with Gasteiger partial charge in [-0.3, -0.25) is 19.3 Å². The molecule has 1 heterocycles. The van der Waals surface area contributed by atoms with Gasteiger partial charge in [-0.05, 0) is 35.4 Å². The summed E-state index contributed by atoms with van der Waals surface area (Å²) in [4.78, 5) is 40.7. The first-order valence-corrected chi connectivity index (χ1v) is 9.97. The van der Waals surface area contributed by atoms with E-state index in [2.05, 4.69) is 0 Å². The van der Waals surface area contributed by atoms with E-state index < -0.39 is 0 Å². The van der Waals surface area contributed by atoms with Crippen LogP contribution in [0.3, 0.4) is 0 Å². The summed E-state index contributed by atoms with van der Waals surface area (Å²) >= 11 is 1.35. The van der Waals surface area contributed by atoms with Crippen molar-refractivity contribution in [1.82, 2.24) is 0 Å². The summed E-state index contributed by atoms with van der Waals surface area (Å²) in [7, 11) is 0. The van der Waals surface area contributed by atoms with Gasteiger partial charge in [0.2, 0.25) is 11.7 Å². The van der Waals surface area contributed by atoms with Crippen molar-refractivity contribution in [2.45, 2.75) is 11.8 Å². The van der Waals surface area contributed by atoms with Crippen molar-refractivity contribution in [2.75, 3.05) is 4.90 Å². The minimum atomic E-state index is -0.232. The molecule has 0 bridgehead atoms. The Labute approximate surface area is 171 Å². The van der Waals surface area contributed by atoms with Crippen molar-refractivity contribution in [3.05, 3.63) is 94.5 Å². The zero-order valence-electron chi connectivity index (χ0n) is 15.5. The molecule has 0 radical (unpaired) electrons.